The van der Waals surface area contributed by atoms with E-state index in [2.05, 4.69) is 32.8 Å². The Morgan fingerprint density at radius 3 is 2.79 bits per heavy atom. The van der Waals surface area contributed by atoms with Crippen LogP contribution in [0.2, 0.25) is 0 Å². The molecule has 1 N–H and O–H groups in total. The zero-order chi connectivity index (χ0) is 10.1. The lowest BCUT2D eigenvalue weighted by atomic mass is 10.1. The molecule has 0 saturated heterocycles. The highest BCUT2D eigenvalue weighted by atomic mass is 127. The number of rotatable bonds is 1. The minimum Gasteiger partial charge on any atom is -0.281 e. The Morgan fingerprint density at radius 2 is 2.21 bits per heavy atom. The largest absolute Gasteiger partial charge is 0.281 e. The summed E-state index contributed by atoms with van der Waals surface area (Å²) in [6.45, 7) is 1.93. The first kappa shape index (κ1) is 9.64. The van der Waals surface area contributed by atoms with Crippen LogP contribution >= 0.6 is 22.6 Å². The molecule has 0 spiro atoms. The summed E-state index contributed by atoms with van der Waals surface area (Å²) in [5, 5.41) is 6.94. The molecule has 0 radical (unpaired) electrons. The van der Waals surface area contributed by atoms with E-state index in [9.17, 15) is 4.39 Å². The van der Waals surface area contributed by atoms with Crippen LogP contribution in [-0.4, -0.2) is 10.2 Å². The van der Waals surface area contributed by atoms with E-state index >= 15 is 0 Å². The summed E-state index contributed by atoms with van der Waals surface area (Å²) in [6.07, 6.45) is 0. The number of nitrogens with one attached hydrogen (secondary N) is 1. The highest BCUT2D eigenvalue weighted by Gasteiger charge is 2.09. The molecule has 2 nitrogen and oxygen atoms in total. The van der Waals surface area contributed by atoms with Crippen LogP contribution < -0.4 is 0 Å². The molecule has 0 unspecified atom stereocenters. The van der Waals surface area contributed by atoms with Gasteiger partial charge in [0.15, 0.2) is 0 Å². The first-order valence-corrected chi connectivity index (χ1v) is 5.23. The number of halogens is 2. The third kappa shape index (κ3) is 1.66. The highest BCUT2D eigenvalue weighted by Crippen LogP contribution is 2.26. The van der Waals surface area contributed by atoms with Crippen LogP contribution in [-0.2, 0) is 0 Å². The Labute approximate surface area is 94.7 Å². The maximum absolute atomic E-state index is 13.0. The van der Waals surface area contributed by atoms with Gasteiger partial charge in [0.25, 0.3) is 0 Å². The Morgan fingerprint density at radius 1 is 1.43 bits per heavy atom. The monoisotopic (exact) mass is 302 g/mol. The van der Waals surface area contributed by atoms with Crippen molar-refractivity contribution in [2.45, 2.75) is 6.92 Å². The fourth-order valence-corrected chi connectivity index (χ4v) is 2.22. The number of hydrogen-bond acceptors (Lipinski definition) is 1. The summed E-state index contributed by atoms with van der Waals surface area (Å²) in [5.74, 6) is -0.223. The van der Waals surface area contributed by atoms with E-state index in [1.807, 2.05) is 13.0 Å². The Balaban J connectivity index is 2.59. The van der Waals surface area contributed by atoms with Crippen LogP contribution in [0.4, 0.5) is 4.39 Å². The summed E-state index contributed by atoms with van der Waals surface area (Å²) < 4.78 is 13.9. The lowest BCUT2D eigenvalue weighted by molar-refractivity contribution is 0.628. The van der Waals surface area contributed by atoms with Crippen molar-refractivity contribution in [1.29, 1.82) is 0 Å². The number of aromatic nitrogens is 2. The van der Waals surface area contributed by atoms with E-state index in [-0.39, 0.29) is 5.82 Å². The van der Waals surface area contributed by atoms with Crippen molar-refractivity contribution in [2.75, 3.05) is 0 Å². The fraction of sp³-hybridized carbons (Fsp3) is 0.100. The van der Waals surface area contributed by atoms with Gasteiger partial charge in [-0.1, -0.05) is 12.1 Å². The second-order valence-electron chi connectivity index (χ2n) is 3.02. The second kappa shape index (κ2) is 3.68. The molecule has 0 atom stereocenters. The van der Waals surface area contributed by atoms with E-state index in [4.69, 9.17) is 0 Å². The maximum Gasteiger partial charge on any atom is 0.131 e. The average Bonchev–Trinajstić information content (AvgIpc) is 2.46. The summed E-state index contributed by atoms with van der Waals surface area (Å²) in [4.78, 5) is 0. The molecule has 4 heteroatoms. The number of benzene rings is 1. The standard InChI is InChI=1S/C10H8FIN2/c1-6-9(10(12)14-13-6)7-3-2-4-8(11)5-7/h2-5H,1H3,(H,13,14). The molecule has 0 aliphatic heterocycles. The molecule has 2 aromatic rings. The van der Waals surface area contributed by atoms with Gasteiger partial charge in [0, 0.05) is 11.3 Å². The average molecular weight is 302 g/mol. The van der Waals surface area contributed by atoms with Crippen LogP contribution in [0.25, 0.3) is 11.1 Å². The van der Waals surface area contributed by atoms with Gasteiger partial charge in [-0.15, -0.1) is 0 Å². The van der Waals surface area contributed by atoms with Crippen molar-refractivity contribution in [3.63, 3.8) is 0 Å². The molecule has 0 aliphatic rings. The first-order valence-electron chi connectivity index (χ1n) is 4.15. The van der Waals surface area contributed by atoms with Crippen LogP contribution in [0.3, 0.4) is 0 Å². The smallest absolute Gasteiger partial charge is 0.131 e. The molecule has 0 bridgehead atoms. The Bertz CT molecular complexity index is 445. The summed E-state index contributed by atoms with van der Waals surface area (Å²) in [6, 6.07) is 6.53. The van der Waals surface area contributed by atoms with Gasteiger partial charge < -0.3 is 0 Å². The normalized spacial score (nSPS) is 10.5. The molecular weight excluding hydrogens is 294 g/mol. The molecule has 2 rings (SSSR count). The minimum atomic E-state index is -0.223. The lowest BCUT2D eigenvalue weighted by Crippen LogP contribution is -1.82. The molecular formula is C10H8FIN2. The maximum atomic E-state index is 13.0. The number of H-pyrrole nitrogens is 1. The van der Waals surface area contributed by atoms with Gasteiger partial charge >= 0.3 is 0 Å². The van der Waals surface area contributed by atoms with E-state index in [0.29, 0.717) is 0 Å². The zero-order valence-electron chi connectivity index (χ0n) is 7.51. The Hall–Kier alpha value is -0.910. The van der Waals surface area contributed by atoms with Crippen LogP contribution in [0, 0.1) is 16.4 Å². The predicted molar refractivity (Wildman–Crippen MR) is 61.4 cm³/mol. The van der Waals surface area contributed by atoms with Gasteiger partial charge in [0.1, 0.15) is 9.52 Å². The zero-order valence-corrected chi connectivity index (χ0v) is 9.67. The number of nitrogens with zero attached hydrogens (tertiary/aromatic N) is 1. The van der Waals surface area contributed by atoms with Crippen LogP contribution in [0.5, 0.6) is 0 Å². The van der Waals surface area contributed by atoms with E-state index in [1.54, 1.807) is 6.07 Å². The highest BCUT2D eigenvalue weighted by molar-refractivity contribution is 14.1. The van der Waals surface area contributed by atoms with Gasteiger partial charge in [-0.25, -0.2) is 4.39 Å². The van der Waals surface area contributed by atoms with Crippen LogP contribution in [0.15, 0.2) is 24.3 Å². The fourth-order valence-electron chi connectivity index (χ4n) is 1.38. The number of aryl methyl sites for hydroxylation is 1. The second-order valence-corrected chi connectivity index (χ2v) is 4.05. The van der Waals surface area contributed by atoms with Gasteiger partial charge in [-0.2, -0.15) is 5.10 Å². The van der Waals surface area contributed by atoms with Crippen molar-refractivity contribution in [1.82, 2.24) is 10.2 Å². The van der Waals surface area contributed by atoms with E-state index in [1.165, 1.54) is 12.1 Å². The van der Waals surface area contributed by atoms with E-state index in [0.717, 1.165) is 20.5 Å². The van der Waals surface area contributed by atoms with Gasteiger partial charge in [-0.05, 0) is 47.2 Å². The molecule has 0 aliphatic carbocycles. The summed E-state index contributed by atoms with van der Waals surface area (Å²) >= 11 is 2.13. The summed E-state index contributed by atoms with van der Waals surface area (Å²) in [5.41, 5.74) is 2.80. The van der Waals surface area contributed by atoms with Crippen molar-refractivity contribution >= 4 is 22.6 Å². The molecule has 1 heterocycles. The van der Waals surface area contributed by atoms with Gasteiger partial charge in [0.2, 0.25) is 0 Å². The molecule has 1 aromatic carbocycles. The van der Waals surface area contributed by atoms with Crippen molar-refractivity contribution in [3.05, 3.63) is 39.5 Å². The summed E-state index contributed by atoms with van der Waals surface area (Å²) in [7, 11) is 0. The third-order valence-corrected chi connectivity index (χ3v) is 2.80. The van der Waals surface area contributed by atoms with Crippen molar-refractivity contribution in [2.24, 2.45) is 0 Å². The van der Waals surface area contributed by atoms with Crippen molar-refractivity contribution in [3.8, 4) is 11.1 Å². The molecule has 14 heavy (non-hydrogen) atoms. The molecule has 0 amide bonds. The number of hydrogen-bond donors (Lipinski definition) is 1. The quantitative estimate of drug-likeness (QED) is 0.806. The molecule has 72 valence electrons. The number of aromatic amines is 1. The molecule has 0 saturated carbocycles. The van der Waals surface area contributed by atoms with Crippen molar-refractivity contribution < 1.29 is 4.39 Å². The third-order valence-electron chi connectivity index (χ3n) is 2.02. The first-order chi connectivity index (χ1) is 6.68. The lowest BCUT2D eigenvalue weighted by Gasteiger charge is -2.00. The Kier molecular flexibility index (Phi) is 2.54. The van der Waals surface area contributed by atoms with Gasteiger partial charge in [0.05, 0.1) is 0 Å². The topological polar surface area (TPSA) is 28.7 Å². The SMILES string of the molecule is Cc1[nH]nc(I)c1-c1cccc(F)c1. The minimum absolute atomic E-state index is 0.223. The molecule has 0 fully saturated rings. The molecule has 1 aromatic heterocycles. The van der Waals surface area contributed by atoms with Crippen LogP contribution in [0.1, 0.15) is 5.69 Å². The predicted octanol–water partition coefficient (Wildman–Crippen LogP) is 3.13. The van der Waals surface area contributed by atoms with E-state index < -0.39 is 0 Å². The van der Waals surface area contributed by atoms with Gasteiger partial charge in [-0.3, -0.25) is 5.10 Å².